The van der Waals surface area contributed by atoms with E-state index in [9.17, 15) is 9.59 Å². The summed E-state index contributed by atoms with van der Waals surface area (Å²) in [6.45, 7) is 0. The topological polar surface area (TPSA) is 43.4 Å². The highest BCUT2D eigenvalue weighted by atomic mass is 35.5. The van der Waals surface area contributed by atoms with Gasteiger partial charge in [-0.05, 0) is 11.6 Å². The Balaban J connectivity index is 3.28. The normalized spacial score (nSPS) is 8.67. The van der Waals surface area contributed by atoms with Gasteiger partial charge in [0.25, 0.3) is 0 Å². The number of hydrogen-bond acceptors (Lipinski definition) is 3. The van der Waals surface area contributed by atoms with Crippen molar-refractivity contribution in [2.45, 2.75) is 12.8 Å². The average molecular weight is 169 g/mol. The van der Waals surface area contributed by atoms with Crippen LogP contribution in [0.5, 0.6) is 0 Å². The molecule has 9 heavy (non-hydrogen) atoms. The summed E-state index contributed by atoms with van der Waals surface area (Å²) in [5.41, 5.74) is 0. The van der Waals surface area contributed by atoms with Crippen LogP contribution in [-0.2, 0) is 14.1 Å². The Morgan fingerprint density at radius 2 is 2.00 bits per heavy atom. The van der Waals surface area contributed by atoms with Crippen LogP contribution in [0, 0.1) is 0 Å². The average Bonchev–Trinajstić information content (AvgIpc) is 1.83. The van der Waals surface area contributed by atoms with Crippen LogP contribution in [0.3, 0.4) is 0 Å². The van der Waals surface area contributed by atoms with Crippen LogP contribution >= 0.6 is 21.1 Å². The second-order valence-corrected chi connectivity index (χ2v) is 2.00. The van der Waals surface area contributed by atoms with Gasteiger partial charge in [-0.15, -0.1) is 0 Å². The molecule has 3 nitrogen and oxygen atoms in total. The lowest BCUT2D eigenvalue weighted by Crippen LogP contribution is -1.98. The lowest BCUT2D eigenvalue weighted by Gasteiger charge is -1.92. The second kappa shape index (κ2) is 4.71. The van der Waals surface area contributed by atoms with Gasteiger partial charge in [0.1, 0.15) is 0 Å². The van der Waals surface area contributed by atoms with Crippen LogP contribution in [-0.4, -0.2) is 11.2 Å². The zero-order chi connectivity index (χ0) is 7.28. The zero-order valence-electron chi connectivity index (χ0n) is 4.59. The summed E-state index contributed by atoms with van der Waals surface area (Å²) in [6, 6.07) is 0. The molecule has 0 rings (SSSR count). The fourth-order valence-corrected chi connectivity index (χ4v) is 0.472. The van der Waals surface area contributed by atoms with Gasteiger partial charge in [0.15, 0.2) is 0 Å². The predicted octanol–water partition coefficient (Wildman–Crippen LogP) is 0.865. The molecule has 0 saturated carbocycles. The number of halogens is 1. The fraction of sp³-hybridized carbons (Fsp3) is 0.500. The molecule has 0 heterocycles. The number of carbonyl (C=O) groups excluding carboxylic acids is 2. The van der Waals surface area contributed by atoms with Crippen molar-refractivity contribution in [2.75, 3.05) is 0 Å². The van der Waals surface area contributed by atoms with Crippen molar-refractivity contribution < 1.29 is 14.1 Å². The predicted molar refractivity (Wildman–Crippen MR) is 35.9 cm³/mol. The van der Waals surface area contributed by atoms with E-state index >= 15 is 0 Å². The van der Waals surface area contributed by atoms with E-state index in [0.717, 1.165) is 0 Å². The van der Waals surface area contributed by atoms with Crippen LogP contribution in [0.15, 0.2) is 0 Å². The molecule has 52 valence electrons. The van der Waals surface area contributed by atoms with E-state index in [4.69, 9.17) is 11.6 Å². The molecule has 1 atom stereocenters. The molecule has 0 spiro atoms. The van der Waals surface area contributed by atoms with Crippen molar-refractivity contribution in [3.05, 3.63) is 0 Å². The molecule has 0 fully saturated rings. The Labute approximate surface area is 60.0 Å². The van der Waals surface area contributed by atoms with Gasteiger partial charge in [0.05, 0.1) is 15.9 Å². The summed E-state index contributed by atoms with van der Waals surface area (Å²) < 4.78 is 4.17. The Morgan fingerprint density at radius 3 is 2.33 bits per heavy atom. The molecule has 0 amide bonds. The largest absolute Gasteiger partial charge is 0.451 e. The second-order valence-electron chi connectivity index (χ2n) is 1.34. The van der Waals surface area contributed by atoms with Crippen LogP contribution in [0.4, 0.5) is 0 Å². The summed E-state index contributed by atoms with van der Waals surface area (Å²) in [7, 11) is 1.80. The summed E-state index contributed by atoms with van der Waals surface area (Å²) in [5, 5.41) is -0.523. The fourth-order valence-electron chi connectivity index (χ4n) is 0.259. The maximum absolute atomic E-state index is 10.3. The molecule has 5 heteroatoms. The summed E-state index contributed by atoms with van der Waals surface area (Å²) in [5.74, 6) is -0.450. The Hall–Kier alpha value is -0.140. The highest BCUT2D eigenvalue weighted by molar-refractivity contribution is 7.10. The van der Waals surface area contributed by atoms with E-state index < -0.39 is 11.2 Å². The maximum Gasteiger partial charge on any atom is 0.308 e. The van der Waals surface area contributed by atoms with Crippen molar-refractivity contribution in [1.82, 2.24) is 0 Å². The first-order valence-electron chi connectivity index (χ1n) is 2.24. The summed E-state index contributed by atoms with van der Waals surface area (Å²) in [6.07, 6.45) is 0.0840. The lowest BCUT2D eigenvalue weighted by atomic mass is 10.3. The van der Waals surface area contributed by atoms with Gasteiger partial charge in [-0.25, -0.2) is 0 Å². The Bertz CT molecular complexity index is 125. The Kier molecular flexibility index (Phi) is 4.64. The molecular weight excluding hydrogens is 162 g/mol. The maximum atomic E-state index is 10.3. The van der Waals surface area contributed by atoms with Crippen LogP contribution < -0.4 is 0 Å². The molecule has 0 bridgehead atoms. The SMILES string of the molecule is O=C(Cl)CCC(=O)OP. The number of carbonyl (C=O) groups is 2. The van der Waals surface area contributed by atoms with Gasteiger partial charge < -0.3 is 4.52 Å². The van der Waals surface area contributed by atoms with Crippen molar-refractivity contribution in [3.8, 4) is 0 Å². The minimum absolute atomic E-state index is 0.0365. The third-order valence-corrected chi connectivity index (χ3v) is 1.11. The van der Waals surface area contributed by atoms with Gasteiger partial charge in [0, 0.05) is 6.42 Å². The summed E-state index contributed by atoms with van der Waals surface area (Å²) >= 11 is 4.93. The van der Waals surface area contributed by atoms with E-state index in [1.807, 2.05) is 0 Å². The van der Waals surface area contributed by atoms with Gasteiger partial charge in [-0.1, -0.05) is 0 Å². The molecule has 0 aliphatic rings. The molecule has 0 aliphatic carbocycles. The van der Waals surface area contributed by atoms with E-state index in [1.54, 1.807) is 9.47 Å². The van der Waals surface area contributed by atoms with Gasteiger partial charge in [-0.2, -0.15) is 0 Å². The monoisotopic (exact) mass is 168 g/mol. The van der Waals surface area contributed by atoms with Crippen molar-refractivity contribution in [2.24, 2.45) is 0 Å². The van der Waals surface area contributed by atoms with E-state index in [0.29, 0.717) is 0 Å². The molecular formula is C4H6ClO3P. The summed E-state index contributed by atoms with van der Waals surface area (Å²) in [4.78, 5) is 20.3. The van der Waals surface area contributed by atoms with Crippen molar-refractivity contribution >= 4 is 32.3 Å². The quantitative estimate of drug-likeness (QED) is 0.464. The highest BCUT2D eigenvalue weighted by Gasteiger charge is 2.02. The highest BCUT2D eigenvalue weighted by Crippen LogP contribution is 1.98. The van der Waals surface area contributed by atoms with E-state index in [2.05, 4.69) is 4.52 Å². The van der Waals surface area contributed by atoms with Crippen molar-refractivity contribution in [3.63, 3.8) is 0 Å². The first-order valence-corrected chi connectivity index (χ1v) is 3.09. The van der Waals surface area contributed by atoms with Crippen molar-refractivity contribution in [1.29, 1.82) is 0 Å². The number of hydrogen-bond donors (Lipinski definition) is 0. The number of rotatable bonds is 3. The minimum Gasteiger partial charge on any atom is -0.451 e. The van der Waals surface area contributed by atoms with E-state index in [-0.39, 0.29) is 12.8 Å². The Morgan fingerprint density at radius 1 is 1.44 bits per heavy atom. The first-order chi connectivity index (χ1) is 4.16. The van der Waals surface area contributed by atoms with Crippen LogP contribution in [0.2, 0.25) is 0 Å². The molecule has 0 radical (unpaired) electrons. The smallest absolute Gasteiger partial charge is 0.308 e. The molecule has 0 saturated heterocycles. The van der Waals surface area contributed by atoms with Gasteiger partial charge in [0.2, 0.25) is 5.24 Å². The molecule has 0 aromatic rings. The van der Waals surface area contributed by atoms with Gasteiger partial charge in [-0.3, -0.25) is 9.59 Å². The van der Waals surface area contributed by atoms with Gasteiger partial charge >= 0.3 is 5.97 Å². The molecule has 0 N–H and O–H groups in total. The standard InChI is InChI=1S/C4H6ClO3P/c5-3(6)1-2-4(7)8-9/h1-2,9H2. The third-order valence-electron chi connectivity index (χ3n) is 0.657. The zero-order valence-corrected chi connectivity index (χ0v) is 6.50. The van der Waals surface area contributed by atoms with Crippen LogP contribution in [0.25, 0.3) is 0 Å². The molecule has 0 aromatic carbocycles. The first kappa shape index (κ1) is 8.86. The third kappa shape index (κ3) is 5.74. The minimum atomic E-state index is -0.523. The molecule has 1 unspecified atom stereocenters. The molecule has 0 aromatic heterocycles. The lowest BCUT2D eigenvalue weighted by molar-refractivity contribution is -0.134. The molecule has 0 aliphatic heterocycles. The van der Waals surface area contributed by atoms with Crippen LogP contribution in [0.1, 0.15) is 12.8 Å². The van der Waals surface area contributed by atoms with E-state index in [1.165, 1.54) is 0 Å².